The molecule has 1 aliphatic rings. The summed E-state index contributed by atoms with van der Waals surface area (Å²) in [5.74, 6) is 0.245. The summed E-state index contributed by atoms with van der Waals surface area (Å²) in [5, 5.41) is 8.29. The first kappa shape index (κ1) is 15.8. The Morgan fingerprint density at radius 3 is 2.65 bits per heavy atom. The Balaban J connectivity index is 1.62. The van der Waals surface area contributed by atoms with Crippen molar-refractivity contribution in [1.29, 1.82) is 0 Å². The molecule has 0 atom stereocenters. The molecule has 6 nitrogen and oxygen atoms in total. The molecule has 0 aliphatic carbocycles. The molecule has 1 aromatic heterocycles. The summed E-state index contributed by atoms with van der Waals surface area (Å²) in [4.78, 5) is 18.9. The Morgan fingerprint density at radius 2 is 1.96 bits per heavy atom. The number of rotatable bonds is 5. The summed E-state index contributed by atoms with van der Waals surface area (Å²) < 4.78 is 0. The molecule has 0 saturated carbocycles. The molecule has 1 saturated heterocycles. The van der Waals surface area contributed by atoms with Gasteiger partial charge in [-0.15, -0.1) is 0 Å². The maximum atomic E-state index is 12.4. The van der Waals surface area contributed by atoms with E-state index in [2.05, 4.69) is 39.9 Å². The third-order valence-corrected chi connectivity index (χ3v) is 4.69. The van der Waals surface area contributed by atoms with Crippen molar-refractivity contribution in [2.24, 2.45) is 0 Å². The summed E-state index contributed by atoms with van der Waals surface area (Å²) in [5.41, 5.74) is 2.26. The van der Waals surface area contributed by atoms with Crippen LogP contribution in [0, 0.1) is 0 Å². The molecule has 1 aromatic carbocycles. The van der Waals surface area contributed by atoms with Gasteiger partial charge in [-0.2, -0.15) is 5.10 Å². The molecule has 2 heterocycles. The summed E-state index contributed by atoms with van der Waals surface area (Å²) in [6.45, 7) is 9.88. The number of carbonyl (C=O) groups is 1. The predicted octanol–water partition coefficient (Wildman–Crippen LogP) is 1.55. The van der Waals surface area contributed by atoms with Gasteiger partial charge in [0.2, 0.25) is 5.91 Å². The van der Waals surface area contributed by atoms with Gasteiger partial charge in [0, 0.05) is 37.3 Å². The van der Waals surface area contributed by atoms with E-state index in [-0.39, 0.29) is 5.91 Å². The first-order chi connectivity index (χ1) is 11.2. The lowest BCUT2D eigenvalue weighted by atomic mass is 10.2. The van der Waals surface area contributed by atoms with Gasteiger partial charge in [-0.05, 0) is 25.2 Å². The fourth-order valence-corrected chi connectivity index (χ4v) is 3.16. The lowest BCUT2D eigenvalue weighted by Gasteiger charge is -2.37. The number of nitrogens with zero attached hydrogens (tertiary/aromatic N) is 4. The smallest absolute Gasteiger partial charge is 0.236 e. The Bertz CT molecular complexity index is 656. The normalized spacial score (nSPS) is 15.6. The molecule has 2 aromatic rings. The third-order valence-electron chi connectivity index (χ3n) is 4.69. The highest BCUT2D eigenvalue weighted by molar-refractivity contribution is 5.91. The Kier molecular flexibility index (Phi) is 4.81. The molecule has 0 bridgehead atoms. The Hall–Kier alpha value is -2.08. The van der Waals surface area contributed by atoms with Gasteiger partial charge in [0.1, 0.15) is 0 Å². The Labute approximate surface area is 137 Å². The highest BCUT2D eigenvalue weighted by Gasteiger charge is 2.23. The van der Waals surface area contributed by atoms with Crippen molar-refractivity contribution >= 4 is 22.5 Å². The van der Waals surface area contributed by atoms with Crippen LogP contribution in [0.2, 0.25) is 0 Å². The van der Waals surface area contributed by atoms with E-state index in [0.29, 0.717) is 6.54 Å². The third kappa shape index (κ3) is 3.32. The first-order valence-corrected chi connectivity index (χ1v) is 8.40. The zero-order valence-electron chi connectivity index (χ0n) is 14.0. The molecule has 3 rings (SSSR count). The van der Waals surface area contributed by atoms with Crippen LogP contribution < -0.4 is 4.90 Å². The minimum Gasteiger partial charge on any atom is -0.367 e. The number of carbonyl (C=O) groups excluding carboxylic acids is 1. The van der Waals surface area contributed by atoms with Crippen LogP contribution in [0.5, 0.6) is 0 Å². The average Bonchev–Trinajstić information content (AvgIpc) is 3.08. The van der Waals surface area contributed by atoms with Crippen molar-refractivity contribution in [2.45, 2.75) is 13.8 Å². The molecule has 0 unspecified atom stereocenters. The van der Waals surface area contributed by atoms with Gasteiger partial charge < -0.3 is 9.80 Å². The van der Waals surface area contributed by atoms with Crippen molar-refractivity contribution in [2.75, 3.05) is 50.7 Å². The molecule has 0 radical (unpaired) electrons. The molecular formula is C17H25N5O. The molecule has 0 spiro atoms. The highest BCUT2D eigenvalue weighted by Crippen LogP contribution is 2.26. The van der Waals surface area contributed by atoms with Crippen LogP contribution in [0.25, 0.3) is 10.9 Å². The monoisotopic (exact) mass is 315 g/mol. The lowest BCUT2D eigenvalue weighted by Crippen LogP contribution is -2.51. The number of hydrogen-bond donors (Lipinski definition) is 1. The first-order valence-electron chi connectivity index (χ1n) is 8.40. The van der Waals surface area contributed by atoms with Crippen molar-refractivity contribution in [1.82, 2.24) is 20.0 Å². The van der Waals surface area contributed by atoms with E-state index in [1.54, 1.807) is 0 Å². The van der Waals surface area contributed by atoms with E-state index in [1.807, 2.05) is 23.2 Å². The van der Waals surface area contributed by atoms with E-state index in [1.165, 1.54) is 5.69 Å². The van der Waals surface area contributed by atoms with Gasteiger partial charge in [0.25, 0.3) is 0 Å². The molecule has 1 amide bonds. The Morgan fingerprint density at radius 1 is 1.22 bits per heavy atom. The molecule has 23 heavy (non-hydrogen) atoms. The van der Waals surface area contributed by atoms with Crippen LogP contribution >= 0.6 is 0 Å². The largest absolute Gasteiger partial charge is 0.367 e. The van der Waals surface area contributed by atoms with Crippen LogP contribution in [0.15, 0.2) is 24.4 Å². The second kappa shape index (κ2) is 7.00. The van der Waals surface area contributed by atoms with Crippen molar-refractivity contribution < 1.29 is 4.79 Å². The minimum atomic E-state index is 0.245. The van der Waals surface area contributed by atoms with Crippen molar-refractivity contribution in [3.05, 3.63) is 24.4 Å². The number of anilines is 1. The molecule has 124 valence electrons. The van der Waals surface area contributed by atoms with E-state index >= 15 is 0 Å². The fourth-order valence-electron chi connectivity index (χ4n) is 3.16. The number of aromatic amines is 1. The zero-order valence-corrected chi connectivity index (χ0v) is 14.0. The number of piperazine rings is 1. The van der Waals surface area contributed by atoms with Gasteiger partial charge >= 0.3 is 0 Å². The van der Waals surface area contributed by atoms with E-state index < -0.39 is 0 Å². The number of likely N-dealkylation sites (N-methyl/N-ethyl adjacent to an activating group) is 1. The number of aromatic nitrogens is 2. The van der Waals surface area contributed by atoms with E-state index in [0.717, 1.165) is 50.2 Å². The summed E-state index contributed by atoms with van der Waals surface area (Å²) in [6, 6.07) is 6.22. The summed E-state index contributed by atoms with van der Waals surface area (Å²) in [7, 11) is 0. The SMILES string of the molecule is CCN(CC)CC(=O)N1CCN(c2cccc3[nH]ncc23)CC1. The van der Waals surface area contributed by atoms with E-state index in [9.17, 15) is 4.79 Å². The van der Waals surface area contributed by atoms with Gasteiger partial charge in [-0.3, -0.25) is 14.8 Å². The number of H-pyrrole nitrogens is 1. The van der Waals surface area contributed by atoms with E-state index in [4.69, 9.17) is 0 Å². The second-order valence-corrected chi connectivity index (χ2v) is 5.94. The molecule has 1 N–H and O–H groups in total. The summed E-state index contributed by atoms with van der Waals surface area (Å²) in [6.07, 6.45) is 1.88. The molecule has 1 fully saturated rings. The average molecular weight is 315 g/mol. The molecule has 1 aliphatic heterocycles. The van der Waals surface area contributed by atoms with Crippen molar-refractivity contribution in [3.8, 4) is 0 Å². The second-order valence-electron chi connectivity index (χ2n) is 5.94. The zero-order chi connectivity index (χ0) is 16.2. The van der Waals surface area contributed by atoms with Gasteiger partial charge in [-0.25, -0.2) is 0 Å². The number of nitrogens with one attached hydrogen (secondary N) is 1. The summed E-state index contributed by atoms with van der Waals surface area (Å²) >= 11 is 0. The van der Waals surface area contributed by atoms with Crippen LogP contribution in [-0.2, 0) is 4.79 Å². The predicted molar refractivity (Wildman–Crippen MR) is 92.7 cm³/mol. The number of fused-ring (bicyclic) bond motifs is 1. The molecule has 6 heteroatoms. The number of amides is 1. The maximum Gasteiger partial charge on any atom is 0.236 e. The number of hydrogen-bond acceptors (Lipinski definition) is 4. The number of benzene rings is 1. The van der Waals surface area contributed by atoms with Crippen LogP contribution in [0.4, 0.5) is 5.69 Å². The topological polar surface area (TPSA) is 55.5 Å². The quantitative estimate of drug-likeness (QED) is 0.910. The van der Waals surface area contributed by atoms with Crippen LogP contribution in [0.3, 0.4) is 0 Å². The lowest BCUT2D eigenvalue weighted by molar-refractivity contribution is -0.132. The standard InChI is InChI=1S/C17H25N5O/c1-3-20(4-2)13-17(23)22-10-8-21(9-11-22)16-7-5-6-15-14(16)12-18-19-15/h5-7,12H,3-4,8-11,13H2,1-2H3,(H,18,19). The minimum absolute atomic E-state index is 0.245. The van der Waals surface area contributed by atoms with Gasteiger partial charge in [0.15, 0.2) is 0 Å². The van der Waals surface area contributed by atoms with Gasteiger partial charge in [-0.1, -0.05) is 19.9 Å². The van der Waals surface area contributed by atoms with Crippen molar-refractivity contribution in [3.63, 3.8) is 0 Å². The van der Waals surface area contributed by atoms with Crippen LogP contribution in [-0.4, -0.2) is 71.7 Å². The van der Waals surface area contributed by atoms with Gasteiger partial charge in [0.05, 0.1) is 18.3 Å². The highest BCUT2D eigenvalue weighted by atomic mass is 16.2. The van der Waals surface area contributed by atoms with Crippen LogP contribution in [0.1, 0.15) is 13.8 Å². The molecular weight excluding hydrogens is 290 g/mol. The maximum absolute atomic E-state index is 12.4. The fraction of sp³-hybridized carbons (Fsp3) is 0.529.